The van der Waals surface area contributed by atoms with E-state index in [9.17, 15) is 0 Å². The molecule has 0 N–H and O–H groups in total. The van der Waals surface area contributed by atoms with Gasteiger partial charge in [-0.15, -0.1) is 0 Å². The van der Waals surface area contributed by atoms with Gasteiger partial charge in [0.2, 0.25) is 0 Å². The van der Waals surface area contributed by atoms with Crippen molar-refractivity contribution in [3.05, 3.63) is 188 Å². The summed E-state index contributed by atoms with van der Waals surface area (Å²) in [7, 11) is 0. The van der Waals surface area contributed by atoms with E-state index in [2.05, 4.69) is 168 Å². The summed E-state index contributed by atoms with van der Waals surface area (Å²) >= 11 is 0. The van der Waals surface area contributed by atoms with Crippen LogP contribution in [-0.4, -0.2) is 4.57 Å². The lowest BCUT2D eigenvalue weighted by molar-refractivity contribution is 0.669. The first-order chi connectivity index (χ1) is 28.8. The smallest absolute Gasteiger partial charge is 0.143 e. The van der Waals surface area contributed by atoms with Crippen molar-refractivity contribution in [3.8, 4) is 39.1 Å². The molecule has 0 saturated heterocycles. The van der Waals surface area contributed by atoms with E-state index in [1.54, 1.807) is 0 Å². The van der Waals surface area contributed by atoms with Crippen LogP contribution < -0.4 is 0 Å². The predicted octanol–water partition coefficient (Wildman–Crippen LogP) is 15.5. The monoisotopic (exact) mass is 741 g/mol. The van der Waals surface area contributed by atoms with Gasteiger partial charge in [0, 0.05) is 65.5 Å². The molecule has 13 aromatic rings. The van der Waals surface area contributed by atoms with Crippen LogP contribution in [0.3, 0.4) is 0 Å². The highest BCUT2D eigenvalue weighted by molar-refractivity contribution is 6.24. The standard InChI is InChI=1S/C54H31NO3/c1-4-25-47-35(12-1)40-18-7-15-34(52(40)56-47)32-28-30-33(31-29-32)55-45-23-10-16-38(43-21-8-19-41-36-13-2-5-26-48(36)57-53(41)43)50(45)51-39(17-11-24-46(51)55)44-22-9-20-42-37-14-3-6-27-49(37)58-54(42)44/h1-31H. The molecule has 58 heavy (non-hydrogen) atoms. The van der Waals surface area contributed by atoms with E-state index in [1.807, 2.05) is 24.3 Å². The maximum atomic E-state index is 6.67. The first-order valence-electron chi connectivity index (χ1n) is 19.7. The number of aromatic nitrogens is 1. The van der Waals surface area contributed by atoms with Gasteiger partial charge in [-0.2, -0.15) is 0 Å². The number of hydrogen-bond donors (Lipinski definition) is 0. The van der Waals surface area contributed by atoms with E-state index in [4.69, 9.17) is 13.3 Å². The Labute approximate surface area is 331 Å². The number of hydrogen-bond acceptors (Lipinski definition) is 3. The van der Waals surface area contributed by atoms with Crippen molar-refractivity contribution >= 4 is 87.6 Å². The van der Waals surface area contributed by atoms with Crippen LogP contribution in [0.25, 0.3) is 127 Å². The second kappa shape index (κ2) is 11.8. The molecular formula is C54H31NO3. The molecule has 270 valence electrons. The van der Waals surface area contributed by atoms with Crippen molar-refractivity contribution in [2.24, 2.45) is 0 Å². The Kier molecular flexibility index (Phi) is 6.41. The molecule has 0 spiro atoms. The zero-order valence-corrected chi connectivity index (χ0v) is 31.1. The van der Waals surface area contributed by atoms with Crippen molar-refractivity contribution in [3.63, 3.8) is 0 Å². The van der Waals surface area contributed by atoms with Crippen molar-refractivity contribution in [2.75, 3.05) is 0 Å². The van der Waals surface area contributed by atoms with Crippen LogP contribution in [0.4, 0.5) is 0 Å². The highest BCUT2D eigenvalue weighted by atomic mass is 16.3. The van der Waals surface area contributed by atoms with E-state index >= 15 is 0 Å². The maximum absolute atomic E-state index is 6.67. The molecule has 0 fully saturated rings. The molecule has 0 unspecified atom stereocenters. The Balaban J connectivity index is 1.09. The van der Waals surface area contributed by atoms with Gasteiger partial charge in [-0.3, -0.25) is 0 Å². The fourth-order valence-corrected chi connectivity index (χ4v) is 9.52. The van der Waals surface area contributed by atoms with Gasteiger partial charge < -0.3 is 17.8 Å². The van der Waals surface area contributed by atoms with E-state index in [0.717, 1.165) is 127 Å². The van der Waals surface area contributed by atoms with Crippen molar-refractivity contribution in [1.82, 2.24) is 4.57 Å². The molecule has 0 bridgehead atoms. The normalized spacial score (nSPS) is 12.1. The molecule has 0 saturated carbocycles. The van der Waals surface area contributed by atoms with Gasteiger partial charge in [-0.25, -0.2) is 0 Å². The minimum absolute atomic E-state index is 0.884. The second-order valence-electron chi connectivity index (χ2n) is 15.1. The van der Waals surface area contributed by atoms with Gasteiger partial charge in [0.25, 0.3) is 0 Å². The highest BCUT2D eigenvalue weighted by Gasteiger charge is 2.23. The van der Waals surface area contributed by atoms with Crippen LogP contribution in [-0.2, 0) is 0 Å². The summed E-state index contributed by atoms with van der Waals surface area (Å²) in [4.78, 5) is 0. The number of fused-ring (bicyclic) bond motifs is 12. The number of rotatable bonds is 4. The van der Waals surface area contributed by atoms with Crippen molar-refractivity contribution in [1.29, 1.82) is 0 Å². The lowest BCUT2D eigenvalue weighted by atomic mass is 9.93. The maximum Gasteiger partial charge on any atom is 0.143 e. The number of para-hydroxylation sites is 6. The fraction of sp³-hybridized carbons (Fsp3) is 0. The number of benzene rings is 9. The Bertz CT molecular complexity index is 3630. The third-order valence-corrected chi connectivity index (χ3v) is 12.0. The molecule has 4 nitrogen and oxygen atoms in total. The van der Waals surface area contributed by atoms with Crippen molar-refractivity contribution < 1.29 is 13.3 Å². The Morgan fingerprint density at radius 2 is 0.638 bits per heavy atom. The predicted molar refractivity (Wildman–Crippen MR) is 239 cm³/mol. The zero-order valence-electron chi connectivity index (χ0n) is 31.1. The van der Waals surface area contributed by atoms with Gasteiger partial charge in [-0.1, -0.05) is 146 Å². The molecule has 0 aliphatic carbocycles. The molecule has 0 aliphatic rings. The molecule has 0 aliphatic heterocycles. The summed E-state index contributed by atoms with van der Waals surface area (Å²) in [5.41, 5.74) is 15.2. The van der Waals surface area contributed by atoms with Crippen LogP contribution in [0.5, 0.6) is 0 Å². The molecular weight excluding hydrogens is 711 g/mol. The molecule has 4 heteroatoms. The van der Waals surface area contributed by atoms with E-state index < -0.39 is 0 Å². The van der Waals surface area contributed by atoms with Gasteiger partial charge >= 0.3 is 0 Å². The van der Waals surface area contributed by atoms with Gasteiger partial charge in [0.15, 0.2) is 0 Å². The molecule has 9 aromatic carbocycles. The zero-order chi connectivity index (χ0) is 37.9. The lowest BCUT2D eigenvalue weighted by Gasteiger charge is -2.11. The average molecular weight is 742 g/mol. The van der Waals surface area contributed by atoms with Crippen LogP contribution in [0.1, 0.15) is 0 Å². The summed E-state index contributed by atoms with van der Waals surface area (Å²) in [5.74, 6) is 0. The highest BCUT2D eigenvalue weighted by Crippen LogP contribution is 2.47. The average Bonchev–Trinajstić information content (AvgIpc) is 4.05. The Morgan fingerprint density at radius 1 is 0.276 bits per heavy atom. The number of furan rings is 3. The molecule has 0 amide bonds. The Morgan fingerprint density at radius 3 is 1.10 bits per heavy atom. The third kappa shape index (κ3) is 4.34. The largest absolute Gasteiger partial charge is 0.455 e. The topological polar surface area (TPSA) is 44.4 Å². The molecule has 4 aromatic heterocycles. The summed E-state index contributed by atoms with van der Waals surface area (Å²) in [6, 6.07) is 66.5. The van der Waals surface area contributed by atoms with E-state index in [1.165, 1.54) is 0 Å². The third-order valence-electron chi connectivity index (χ3n) is 12.0. The first kappa shape index (κ1) is 31.4. The summed E-state index contributed by atoms with van der Waals surface area (Å²) in [6.45, 7) is 0. The molecule has 0 radical (unpaired) electrons. The lowest BCUT2D eigenvalue weighted by Crippen LogP contribution is -1.94. The first-order valence-corrected chi connectivity index (χ1v) is 19.7. The molecule has 4 heterocycles. The minimum Gasteiger partial charge on any atom is -0.455 e. The van der Waals surface area contributed by atoms with Gasteiger partial charge in [-0.05, 0) is 59.2 Å². The van der Waals surface area contributed by atoms with Crippen LogP contribution in [0.15, 0.2) is 201 Å². The second-order valence-corrected chi connectivity index (χ2v) is 15.1. The molecule has 0 atom stereocenters. The Hall–Kier alpha value is -7.82. The fourth-order valence-electron chi connectivity index (χ4n) is 9.52. The summed E-state index contributed by atoms with van der Waals surface area (Å²) in [6.07, 6.45) is 0. The summed E-state index contributed by atoms with van der Waals surface area (Å²) in [5, 5.41) is 9.01. The van der Waals surface area contributed by atoms with Crippen LogP contribution in [0, 0.1) is 0 Å². The van der Waals surface area contributed by atoms with Gasteiger partial charge in [0.05, 0.1) is 11.0 Å². The minimum atomic E-state index is 0.884. The van der Waals surface area contributed by atoms with Crippen LogP contribution >= 0.6 is 0 Å². The van der Waals surface area contributed by atoms with Crippen molar-refractivity contribution in [2.45, 2.75) is 0 Å². The quantitative estimate of drug-likeness (QED) is 0.180. The van der Waals surface area contributed by atoms with Crippen LogP contribution in [0.2, 0.25) is 0 Å². The van der Waals surface area contributed by atoms with Gasteiger partial charge in [0.1, 0.15) is 33.5 Å². The van der Waals surface area contributed by atoms with E-state index in [0.29, 0.717) is 0 Å². The van der Waals surface area contributed by atoms with E-state index in [-0.39, 0.29) is 0 Å². The molecule has 13 rings (SSSR count). The SMILES string of the molecule is c1ccc2c(c1)oc1c(-c3ccc(-n4c5cccc(-c6cccc7c6oc6ccccc67)c5c5c(-c6cccc7c6oc6ccccc67)cccc54)cc3)cccc12. The summed E-state index contributed by atoms with van der Waals surface area (Å²) < 4.78 is 22.2. The number of nitrogens with zero attached hydrogens (tertiary/aromatic N) is 1.